The maximum atomic E-state index is 12.0. The van der Waals surface area contributed by atoms with E-state index in [0.717, 1.165) is 11.8 Å². The van der Waals surface area contributed by atoms with E-state index in [0.29, 0.717) is 17.0 Å². The third kappa shape index (κ3) is 2.77. The number of carbonyl (C=O) groups is 3. The molecule has 0 saturated carbocycles. The summed E-state index contributed by atoms with van der Waals surface area (Å²) in [4.78, 5) is 36.5. The Labute approximate surface area is 139 Å². The molecule has 0 aromatic carbocycles. The molecule has 1 saturated heterocycles. The van der Waals surface area contributed by atoms with Gasteiger partial charge in [-0.15, -0.1) is 11.8 Å². The number of carbonyl (C=O) groups excluding carboxylic acids is 2. The smallest absolute Gasteiger partial charge is 0.352 e. The highest BCUT2D eigenvalue weighted by molar-refractivity contribution is 8.14. The summed E-state index contributed by atoms with van der Waals surface area (Å²) in [5.41, 5.74) is 6.73. The third-order valence-corrected chi connectivity index (χ3v) is 5.81. The van der Waals surface area contributed by atoms with Crippen molar-refractivity contribution in [2.45, 2.75) is 18.3 Å². The molecule has 0 spiro atoms. The van der Waals surface area contributed by atoms with Crippen molar-refractivity contribution in [3.8, 4) is 0 Å². The summed E-state index contributed by atoms with van der Waals surface area (Å²) in [6.07, 6.45) is 0. The van der Waals surface area contributed by atoms with E-state index in [1.807, 2.05) is 0 Å². The van der Waals surface area contributed by atoms with Crippen molar-refractivity contribution in [2.24, 2.45) is 5.73 Å². The van der Waals surface area contributed by atoms with Crippen LogP contribution in [0, 0.1) is 6.92 Å². The molecule has 3 heterocycles. The molecule has 2 aliphatic rings. The lowest BCUT2D eigenvalue weighted by Crippen LogP contribution is -2.68. The largest absolute Gasteiger partial charge is 0.477 e. The quantitative estimate of drug-likeness (QED) is 0.739. The van der Waals surface area contributed by atoms with Gasteiger partial charge in [0.15, 0.2) is 0 Å². The van der Waals surface area contributed by atoms with Crippen LogP contribution >= 0.6 is 23.5 Å². The van der Waals surface area contributed by atoms with Crippen molar-refractivity contribution in [3.63, 3.8) is 0 Å². The molecule has 1 unspecified atom stereocenters. The van der Waals surface area contributed by atoms with Crippen LogP contribution in [-0.4, -0.2) is 55.1 Å². The van der Waals surface area contributed by atoms with E-state index < -0.39 is 17.9 Å². The van der Waals surface area contributed by atoms with Crippen LogP contribution in [0.5, 0.6) is 0 Å². The number of hydrogen-bond donors (Lipinski definition) is 2. The molecular weight excluding hydrogens is 342 g/mol. The minimum absolute atomic E-state index is 0.0606. The molecule has 122 valence electrons. The van der Waals surface area contributed by atoms with Gasteiger partial charge in [-0.1, -0.05) is 16.9 Å². The first kappa shape index (κ1) is 16.1. The summed E-state index contributed by atoms with van der Waals surface area (Å²) in [7, 11) is 0. The number of carboxylic acids is 1. The topological polar surface area (TPSA) is 127 Å². The molecule has 23 heavy (non-hydrogen) atoms. The first-order valence-electron chi connectivity index (χ1n) is 6.66. The molecule has 1 aromatic heterocycles. The molecule has 10 heteroatoms. The SMILES string of the molecule is Cc1cc(C(=O)SCC2=C(C(=O)O)N3C(=O)C(N)[C@H]3SC2)on1. The molecule has 1 amide bonds. The van der Waals surface area contributed by atoms with Crippen LogP contribution in [0.1, 0.15) is 16.2 Å². The Hall–Kier alpha value is -1.78. The Morgan fingerprint density at radius 1 is 1.61 bits per heavy atom. The van der Waals surface area contributed by atoms with Crippen molar-refractivity contribution in [3.05, 3.63) is 28.8 Å². The average molecular weight is 355 g/mol. The van der Waals surface area contributed by atoms with Gasteiger partial charge >= 0.3 is 5.97 Å². The summed E-state index contributed by atoms with van der Waals surface area (Å²) in [6, 6.07) is 0.855. The van der Waals surface area contributed by atoms with Crippen molar-refractivity contribution >= 4 is 40.5 Å². The van der Waals surface area contributed by atoms with Gasteiger partial charge in [-0.25, -0.2) is 4.79 Å². The zero-order chi connectivity index (χ0) is 16.7. The number of amides is 1. The average Bonchev–Trinajstić information content (AvgIpc) is 2.97. The highest BCUT2D eigenvalue weighted by atomic mass is 32.2. The standard InChI is InChI=1S/C13H13N3O5S2/c1-5-2-7(21-15-5)13(20)23-4-6-3-22-11-8(14)10(17)16(11)9(6)12(18)19/h2,8,11H,3-4,14H2,1H3,(H,18,19)/t8?,11-/m1/s1. The van der Waals surface area contributed by atoms with Crippen molar-refractivity contribution in [1.29, 1.82) is 0 Å². The lowest BCUT2D eigenvalue weighted by atomic mass is 10.0. The number of thioether (sulfide) groups is 2. The van der Waals surface area contributed by atoms with E-state index in [2.05, 4.69) is 5.16 Å². The molecule has 1 aromatic rings. The minimum Gasteiger partial charge on any atom is -0.477 e. The van der Waals surface area contributed by atoms with E-state index in [1.165, 1.54) is 22.7 Å². The van der Waals surface area contributed by atoms with Crippen LogP contribution in [0.15, 0.2) is 21.9 Å². The van der Waals surface area contributed by atoms with Gasteiger partial charge in [-0.2, -0.15) is 0 Å². The van der Waals surface area contributed by atoms with Crippen LogP contribution in [0.3, 0.4) is 0 Å². The summed E-state index contributed by atoms with van der Waals surface area (Å²) < 4.78 is 4.88. The van der Waals surface area contributed by atoms with Crippen molar-refractivity contribution < 1.29 is 24.0 Å². The Morgan fingerprint density at radius 3 is 2.96 bits per heavy atom. The first-order valence-corrected chi connectivity index (χ1v) is 8.69. The summed E-state index contributed by atoms with van der Waals surface area (Å²) in [5.74, 6) is -0.889. The van der Waals surface area contributed by atoms with Gasteiger partial charge in [0, 0.05) is 17.6 Å². The Bertz CT molecular complexity index is 729. The second-order valence-electron chi connectivity index (χ2n) is 5.10. The number of rotatable bonds is 4. The predicted octanol–water partition coefficient (Wildman–Crippen LogP) is 0.438. The molecule has 0 aliphatic carbocycles. The van der Waals surface area contributed by atoms with Gasteiger partial charge < -0.3 is 15.4 Å². The molecule has 0 radical (unpaired) electrons. The van der Waals surface area contributed by atoms with Crippen molar-refractivity contribution in [2.75, 3.05) is 11.5 Å². The predicted molar refractivity (Wildman–Crippen MR) is 83.8 cm³/mol. The molecule has 0 bridgehead atoms. The zero-order valence-corrected chi connectivity index (χ0v) is 13.6. The maximum absolute atomic E-state index is 12.0. The van der Waals surface area contributed by atoms with Gasteiger partial charge in [0.05, 0.1) is 5.69 Å². The number of β-lactam (4-membered cyclic amide) rings is 1. The van der Waals surface area contributed by atoms with E-state index in [1.54, 1.807) is 6.92 Å². The Balaban J connectivity index is 1.76. The van der Waals surface area contributed by atoms with Crippen LogP contribution < -0.4 is 5.73 Å². The summed E-state index contributed by atoms with van der Waals surface area (Å²) in [6.45, 7) is 1.70. The number of hydrogen-bond acceptors (Lipinski definition) is 8. The molecule has 3 rings (SSSR count). The van der Waals surface area contributed by atoms with Crippen LogP contribution in [0.25, 0.3) is 0 Å². The fourth-order valence-electron chi connectivity index (χ4n) is 2.37. The second-order valence-corrected chi connectivity index (χ2v) is 7.15. The lowest BCUT2D eigenvalue weighted by molar-refractivity contribution is -0.147. The van der Waals surface area contributed by atoms with Crippen LogP contribution in [0.2, 0.25) is 0 Å². The van der Waals surface area contributed by atoms with E-state index in [9.17, 15) is 19.5 Å². The normalized spacial score (nSPS) is 23.6. The number of nitrogens with two attached hydrogens (primary N) is 1. The van der Waals surface area contributed by atoms with Gasteiger partial charge in [0.25, 0.3) is 5.12 Å². The molecule has 8 nitrogen and oxygen atoms in total. The first-order chi connectivity index (χ1) is 10.9. The number of fused-ring (bicyclic) bond motifs is 1. The van der Waals surface area contributed by atoms with Crippen LogP contribution in [0.4, 0.5) is 0 Å². The number of aryl methyl sites for hydroxylation is 1. The zero-order valence-electron chi connectivity index (χ0n) is 12.0. The Morgan fingerprint density at radius 2 is 2.35 bits per heavy atom. The lowest BCUT2D eigenvalue weighted by Gasteiger charge is -2.48. The Kier molecular flexibility index (Phi) is 4.21. The molecule has 1 fully saturated rings. The fraction of sp³-hybridized carbons (Fsp3) is 0.385. The highest BCUT2D eigenvalue weighted by Crippen LogP contribution is 2.40. The molecule has 3 N–H and O–H groups in total. The van der Waals surface area contributed by atoms with Gasteiger partial charge in [0.2, 0.25) is 11.7 Å². The number of aliphatic carboxylic acids is 1. The monoisotopic (exact) mass is 355 g/mol. The van der Waals surface area contributed by atoms with Crippen molar-refractivity contribution in [1.82, 2.24) is 10.1 Å². The van der Waals surface area contributed by atoms with E-state index in [-0.39, 0.29) is 27.7 Å². The molecule has 2 aliphatic heterocycles. The second kappa shape index (κ2) is 6.02. The van der Waals surface area contributed by atoms with E-state index in [4.69, 9.17) is 10.3 Å². The number of carboxylic acid groups (broad SMARTS) is 1. The summed E-state index contributed by atoms with van der Waals surface area (Å²) in [5, 5.41) is 12.4. The summed E-state index contributed by atoms with van der Waals surface area (Å²) >= 11 is 2.33. The van der Waals surface area contributed by atoms with Crippen LogP contribution in [-0.2, 0) is 9.59 Å². The van der Waals surface area contributed by atoms with Gasteiger partial charge in [-0.3, -0.25) is 14.5 Å². The third-order valence-electron chi connectivity index (χ3n) is 3.50. The van der Waals surface area contributed by atoms with E-state index >= 15 is 0 Å². The molecule has 2 atom stereocenters. The molecular formula is C13H13N3O5S2. The fourth-order valence-corrected chi connectivity index (χ4v) is 4.58. The number of aromatic nitrogens is 1. The highest BCUT2D eigenvalue weighted by Gasteiger charge is 2.51. The maximum Gasteiger partial charge on any atom is 0.352 e. The minimum atomic E-state index is -1.19. The van der Waals surface area contributed by atoms with Gasteiger partial charge in [0.1, 0.15) is 17.1 Å². The number of nitrogens with zero attached hydrogens (tertiary/aromatic N) is 2. The van der Waals surface area contributed by atoms with Gasteiger partial charge in [-0.05, 0) is 12.5 Å².